The number of hydrogen-bond acceptors (Lipinski definition) is 4. The molecule has 5 nitrogen and oxygen atoms in total. The van der Waals surface area contributed by atoms with Gasteiger partial charge in [-0.2, -0.15) is 0 Å². The van der Waals surface area contributed by atoms with Gasteiger partial charge in [0.1, 0.15) is 5.82 Å². The second kappa shape index (κ2) is 6.84. The molecule has 0 saturated carbocycles. The molecule has 2 amide bonds. The molecule has 1 rings (SSSR count). The zero-order valence-corrected chi connectivity index (χ0v) is 11.1. The Bertz CT molecular complexity index is 465. The zero-order chi connectivity index (χ0) is 14.4. The molecule has 0 unspecified atom stereocenters. The van der Waals surface area contributed by atoms with Gasteiger partial charge in [-0.3, -0.25) is 15.0 Å². The monoisotopic (exact) mass is 268 g/mol. The van der Waals surface area contributed by atoms with Crippen LogP contribution >= 0.6 is 0 Å². The van der Waals surface area contributed by atoms with Crippen LogP contribution in [0, 0.1) is 5.82 Å². The van der Waals surface area contributed by atoms with Crippen LogP contribution in [0.15, 0.2) is 24.3 Å². The first-order chi connectivity index (χ1) is 8.95. The van der Waals surface area contributed by atoms with E-state index in [2.05, 4.69) is 10.1 Å². The van der Waals surface area contributed by atoms with Crippen molar-refractivity contribution in [3.05, 3.63) is 35.6 Å². The summed E-state index contributed by atoms with van der Waals surface area (Å²) in [5, 5.41) is 2.08. The Morgan fingerprint density at radius 3 is 2.63 bits per heavy atom. The minimum atomic E-state index is -0.809. The number of imide groups is 1. The predicted molar refractivity (Wildman–Crippen MR) is 67.9 cm³/mol. The van der Waals surface area contributed by atoms with E-state index in [1.807, 2.05) is 0 Å². The smallest absolute Gasteiger partial charge is 0.413 e. The first-order valence-electron chi connectivity index (χ1n) is 5.78. The molecule has 0 aliphatic carbocycles. The maximum absolute atomic E-state index is 13.5. The van der Waals surface area contributed by atoms with Crippen LogP contribution in [0.5, 0.6) is 0 Å². The lowest BCUT2D eigenvalue weighted by Gasteiger charge is -2.23. The Morgan fingerprint density at radius 2 is 2.05 bits per heavy atom. The van der Waals surface area contributed by atoms with Gasteiger partial charge in [0.05, 0.1) is 13.2 Å². The fraction of sp³-hybridized carbons (Fsp3) is 0.385. The van der Waals surface area contributed by atoms with Crippen LogP contribution < -0.4 is 5.32 Å². The number of carbonyl (C=O) groups is 2. The molecule has 0 radical (unpaired) electrons. The third-order valence-electron chi connectivity index (χ3n) is 2.83. The number of amides is 2. The van der Waals surface area contributed by atoms with Crippen LogP contribution in [0.2, 0.25) is 0 Å². The van der Waals surface area contributed by atoms with Gasteiger partial charge in [-0.05, 0) is 20.0 Å². The number of nitrogens with one attached hydrogen (secondary N) is 1. The Morgan fingerprint density at radius 1 is 1.42 bits per heavy atom. The summed E-state index contributed by atoms with van der Waals surface area (Å²) in [4.78, 5) is 24.2. The molecule has 6 heteroatoms. The van der Waals surface area contributed by atoms with Crippen LogP contribution in [0.25, 0.3) is 0 Å². The molecule has 0 fully saturated rings. The Kier molecular flexibility index (Phi) is 5.44. The number of alkyl carbamates (subject to hydrolysis) is 1. The average Bonchev–Trinajstić information content (AvgIpc) is 2.40. The van der Waals surface area contributed by atoms with Crippen molar-refractivity contribution in [1.29, 1.82) is 0 Å². The third kappa shape index (κ3) is 4.33. The van der Waals surface area contributed by atoms with Gasteiger partial charge in [-0.15, -0.1) is 0 Å². The van der Waals surface area contributed by atoms with E-state index in [0.29, 0.717) is 5.56 Å². The zero-order valence-electron chi connectivity index (χ0n) is 11.1. The van der Waals surface area contributed by atoms with E-state index >= 15 is 0 Å². The van der Waals surface area contributed by atoms with Crippen molar-refractivity contribution in [2.45, 2.75) is 19.5 Å². The van der Waals surface area contributed by atoms with E-state index in [4.69, 9.17) is 0 Å². The van der Waals surface area contributed by atoms with E-state index in [0.717, 1.165) is 0 Å². The Hall–Kier alpha value is -1.95. The second-order valence-corrected chi connectivity index (χ2v) is 4.16. The van der Waals surface area contributed by atoms with E-state index in [1.54, 1.807) is 37.1 Å². The van der Waals surface area contributed by atoms with Gasteiger partial charge < -0.3 is 4.74 Å². The first kappa shape index (κ1) is 15.1. The van der Waals surface area contributed by atoms with E-state index in [1.165, 1.54) is 13.2 Å². The van der Waals surface area contributed by atoms with E-state index in [-0.39, 0.29) is 12.4 Å². The molecule has 1 aromatic carbocycles. The quantitative estimate of drug-likeness (QED) is 0.899. The van der Waals surface area contributed by atoms with Crippen LogP contribution in [0.1, 0.15) is 12.5 Å². The standard InChI is InChI=1S/C13H17FN2O3/c1-9(12(17)15-13(18)19-3)16(2)8-10-6-4-5-7-11(10)14/h4-7,9H,8H2,1-3H3,(H,15,17,18)/t9-/m1/s1. The number of halogens is 1. The van der Waals surface area contributed by atoms with Crippen molar-refractivity contribution in [1.82, 2.24) is 10.2 Å². The lowest BCUT2D eigenvalue weighted by Crippen LogP contribution is -2.45. The minimum Gasteiger partial charge on any atom is -0.453 e. The van der Waals surface area contributed by atoms with Crippen molar-refractivity contribution >= 4 is 12.0 Å². The van der Waals surface area contributed by atoms with Crippen LogP contribution in [0.4, 0.5) is 9.18 Å². The molecule has 1 N–H and O–H groups in total. The largest absolute Gasteiger partial charge is 0.453 e. The lowest BCUT2D eigenvalue weighted by atomic mass is 10.1. The Balaban J connectivity index is 2.62. The summed E-state index contributed by atoms with van der Waals surface area (Å²) in [5.74, 6) is -0.819. The van der Waals surface area contributed by atoms with Crippen molar-refractivity contribution in [2.24, 2.45) is 0 Å². The number of rotatable bonds is 4. The highest BCUT2D eigenvalue weighted by Gasteiger charge is 2.21. The average molecular weight is 268 g/mol. The van der Waals surface area contributed by atoms with Crippen molar-refractivity contribution in [2.75, 3.05) is 14.2 Å². The van der Waals surface area contributed by atoms with Gasteiger partial charge in [0, 0.05) is 12.1 Å². The number of benzene rings is 1. The lowest BCUT2D eigenvalue weighted by molar-refractivity contribution is -0.124. The normalized spacial score (nSPS) is 12.1. The minimum absolute atomic E-state index is 0.266. The van der Waals surface area contributed by atoms with Crippen molar-refractivity contribution in [3.8, 4) is 0 Å². The van der Waals surface area contributed by atoms with Gasteiger partial charge in [0.25, 0.3) is 0 Å². The molecule has 0 bridgehead atoms. The highest BCUT2D eigenvalue weighted by atomic mass is 19.1. The number of carbonyl (C=O) groups excluding carboxylic acids is 2. The second-order valence-electron chi connectivity index (χ2n) is 4.16. The van der Waals surface area contributed by atoms with Crippen LogP contribution in [-0.2, 0) is 16.1 Å². The highest BCUT2D eigenvalue weighted by Crippen LogP contribution is 2.10. The molecule has 0 aliphatic heterocycles. The summed E-state index contributed by atoms with van der Waals surface area (Å²) in [5.41, 5.74) is 0.489. The fourth-order valence-electron chi connectivity index (χ4n) is 1.49. The molecule has 0 heterocycles. The summed E-state index contributed by atoms with van der Waals surface area (Å²) in [6, 6.07) is 5.76. The number of ether oxygens (including phenoxy) is 1. The van der Waals surface area contributed by atoms with Crippen LogP contribution in [-0.4, -0.2) is 37.1 Å². The molecule has 1 atom stereocenters. The maximum atomic E-state index is 13.5. The molecule has 19 heavy (non-hydrogen) atoms. The summed E-state index contributed by atoms with van der Waals surface area (Å²) >= 11 is 0. The van der Waals surface area contributed by atoms with E-state index < -0.39 is 18.0 Å². The van der Waals surface area contributed by atoms with Gasteiger partial charge in [0.15, 0.2) is 0 Å². The predicted octanol–water partition coefficient (Wildman–Crippen LogP) is 1.53. The van der Waals surface area contributed by atoms with Gasteiger partial charge in [-0.25, -0.2) is 9.18 Å². The highest BCUT2D eigenvalue weighted by molar-refractivity contribution is 5.94. The molecule has 104 valence electrons. The molecular formula is C13H17FN2O3. The van der Waals surface area contributed by atoms with Gasteiger partial charge in [0.2, 0.25) is 5.91 Å². The maximum Gasteiger partial charge on any atom is 0.413 e. The topological polar surface area (TPSA) is 58.6 Å². The summed E-state index contributed by atoms with van der Waals surface area (Å²) in [6.45, 7) is 1.89. The van der Waals surface area contributed by atoms with Gasteiger partial charge >= 0.3 is 6.09 Å². The molecule has 0 spiro atoms. The summed E-state index contributed by atoms with van der Waals surface area (Å²) in [7, 11) is 2.85. The summed E-state index contributed by atoms with van der Waals surface area (Å²) < 4.78 is 17.8. The number of likely N-dealkylation sites (N-methyl/N-ethyl adjacent to an activating group) is 1. The molecule has 0 saturated heterocycles. The molecular weight excluding hydrogens is 251 g/mol. The molecule has 0 aromatic heterocycles. The molecule has 0 aliphatic rings. The number of methoxy groups -OCH3 is 1. The molecule has 1 aromatic rings. The summed E-state index contributed by atoms with van der Waals surface area (Å²) in [6.07, 6.45) is -0.809. The van der Waals surface area contributed by atoms with E-state index in [9.17, 15) is 14.0 Å². The fourth-order valence-corrected chi connectivity index (χ4v) is 1.49. The van der Waals surface area contributed by atoms with Crippen molar-refractivity contribution in [3.63, 3.8) is 0 Å². The third-order valence-corrected chi connectivity index (χ3v) is 2.83. The van der Waals surface area contributed by atoms with Crippen molar-refractivity contribution < 1.29 is 18.7 Å². The van der Waals surface area contributed by atoms with Gasteiger partial charge in [-0.1, -0.05) is 18.2 Å². The first-order valence-corrected chi connectivity index (χ1v) is 5.78. The number of hydrogen-bond donors (Lipinski definition) is 1. The number of nitrogens with zero attached hydrogens (tertiary/aromatic N) is 1. The Labute approximate surface area is 111 Å². The SMILES string of the molecule is COC(=O)NC(=O)[C@@H](C)N(C)Cc1ccccc1F. The van der Waals surface area contributed by atoms with Crippen LogP contribution in [0.3, 0.4) is 0 Å².